The number of carboxylic acids is 1. The molecule has 0 aliphatic carbocycles. The maximum absolute atomic E-state index is 12.8. The number of nitrogens with zero attached hydrogens (tertiary/aromatic N) is 3. The molecule has 34 heavy (non-hydrogen) atoms. The molecular formula is C24H26ClN3O6. The molecule has 0 radical (unpaired) electrons. The molecule has 3 rings (SSSR count). The number of unbranched alkanes of at least 4 members (excludes halogenated alkanes) is 1. The Balaban J connectivity index is 1.81. The lowest BCUT2D eigenvalue weighted by molar-refractivity contribution is -0.145. The molecule has 1 unspecified atom stereocenters. The minimum atomic E-state index is -1.26. The number of methoxy groups -OCH3 is 1. The predicted octanol–water partition coefficient (Wildman–Crippen LogP) is 3.47. The molecular weight excluding hydrogens is 462 g/mol. The minimum absolute atomic E-state index is 0.242. The van der Waals surface area contributed by atoms with E-state index in [1.807, 2.05) is 6.92 Å². The first-order valence-electron chi connectivity index (χ1n) is 10.8. The second kappa shape index (κ2) is 11.5. The summed E-state index contributed by atoms with van der Waals surface area (Å²) in [7, 11) is 1.26. The molecule has 9 nitrogen and oxygen atoms in total. The molecule has 1 N–H and O–H groups in total. The van der Waals surface area contributed by atoms with E-state index in [0.29, 0.717) is 28.6 Å². The van der Waals surface area contributed by atoms with Crippen LogP contribution in [-0.4, -0.2) is 38.5 Å². The molecule has 0 aliphatic heterocycles. The van der Waals surface area contributed by atoms with E-state index in [-0.39, 0.29) is 13.1 Å². The number of rotatable bonds is 11. The normalized spacial score (nSPS) is 11.7. The minimum Gasteiger partial charge on any atom is -0.478 e. The van der Waals surface area contributed by atoms with E-state index in [4.69, 9.17) is 16.3 Å². The molecule has 0 aliphatic rings. The van der Waals surface area contributed by atoms with E-state index in [1.165, 1.54) is 11.7 Å². The van der Waals surface area contributed by atoms with Crippen molar-refractivity contribution in [2.45, 2.75) is 45.4 Å². The Bertz CT molecular complexity index is 1200. The van der Waals surface area contributed by atoms with Crippen molar-refractivity contribution in [2.75, 3.05) is 7.11 Å². The van der Waals surface area contributed by atoms with Gasteiger partial charge in [-0.25, -0.2) is 14.3 Å². The molecule has 0 saturated carbocycles. The Morgan fingerprint density at radius 2 is 1.85 bits per heavy atom. The maximum atomic E-state index is 12.8. The molecule has 0 bridgehead atoms. The fraction of sp³-hybridized carbons (Fsp3) is 0.333. The van der Waals surface area contributed by atoms with E-state index in [0.717, 1.165) is 23.1 Å². The van der Waals surface area contributed by atoms with Crippen LogP contribution in [0.2, 0.25) is 5.02 Å². The summed E-state index contributed by atoms with van der Waals surface area (Å²) in [6.07, 6.45) is 1.11. The van der Waals surface area contributed by atoms with Crippen molar-refractivity contribution in [3.63, 3.8) is 0 Å². The summed E-state index contributed by atoms with van der Waals surface area (Å²) in [5, 5.41) is 14.2. The topological polar surface area (TPSA) is 113 Å². The van der Waals surface area contributed by atoms with Crippen molar-refractivity contribution in [1.29, 1.82) is 0 Å². The Morgan fingerprint density at radius 3 is 2.47 bits per heavy atom. The second-order valence-electron chi connectivity index (χ2n) is 7.62. The second-order valence-corrected chi connectivity index (χ2v) is 8.03. The summed E-state index contributed by atoms with van der Waals surface area (Å²) in [6, 6.07) is 13.4. The van der Waals surface area contributed by atoms with E-state index in [1.54, 1.807) is 48.5 Å². The first-order valence-corrected chi connectivity index (χ1v) is 11.2. The number of aliphatic carboxylic acids is 1. The number of carbonyl (C=O) groups is 2. The number of carbonyl (C=O) groups excluding carboxylic acids is 1. The van der Waals surface area contributed by atoms with Gasteiger partial charge in [-0.15, -0.1) is 0 Å². The quantitative estimate of drug-likeness (QED) is 0.412. The summed E-state index contributed by atoms with van der Waals surface area (Å²) < 4.78 is 13.0. The molecule has 0 saturated heterocycles. The summed E-state index contributed by atoms with van der Waals surface area (Å²) >= 11 is 6.14. The van der Waals surface area contributed by atoms with E-state index in [9.17, 15) is 19.5 Å². The molecule has 0 fully saturated rings. The number of halogens is 1. The van der Waals surface area contributed by atoms with E-state index >= 15 is 0 Å². The maximum Gasteiger partial charge on any atom is 0.349 e. The van der Waals surface area contributed by atoms with Gasteiger partial charge in [0.05, 0.1) is 13.7 Å². The first-order chi connectivity index (χ1) is 16.3. The lowest BCUT2D eigenvalue weighted by Gasteiger charge is -2.17. The van der Waals surface area contributed by atoms with Gasteiger partial charge in [0.2, 0.25) is 6.10 Å². The number of carboxylic acid groups (broad SMARTS) is 1. The van der Waals surface area contributed by atoms with Crippen LogP contribution in [0.15, 0.2) is 53.3 Å². The number of hydrogen-bond donors (Lipinski definition) is 1. The van der Waals surface area contributed by atoms with Crippen LogP contribution in [0.5, 0.6) is 5.75 Å². The van der Waals surface area contributed by atoms with Crippen LogP contribution in [0.25, 0.3) is 0 Å². The van der Waals surface area contributed by atoms with Gasteiger partial charge in [0.25, 0.3) is 0 Å². The highest BCUT2D eigenvalue weighted by Gasteiger charge is 2.24. The van der Waals surface area contributed by atoms with Gasteiger partial charge in [-0.1, -0.05) is 55.3 Å². The van der Waals surface area contributed by atoms with Gasteiger partial charge < -0.3 is 14.6 Å². The molecule has 1 aromatic heterocycles. The lowest BCUT2D eigenvalue weighted by Crippen LogP contribution is -2.28. The van der Waals surface area contributed by atoms with Gasteiger partial charge in [-0.3, -0.25) is 9.36 Å². The van der Waals surface area contributed by atoms with Gasteiger partial charge in [0.1, 0.15) is 18.1 Å². The average molecular weight is 488 g/mol. The van der Waals surface area contributed by atoms with Crippen LogP contribution in [0.3, 0.4) is 0 Å². The number of esters is 1. The van der Waals surface area contributed by atoms with Crippen LogP contribution in [-0.2, 0) is 33.8 Å². The third kappa shape index (κ3) is 6.05. The van der Waals surface area contributed by atoms with Crippen LogP contribution in [0.4, 0.5) is 0 Å². The summed E-state index contributed by atoms with van der Waals surface area (Å²) in [5.74, 6) is -0.791. The van der Waals surface area contributed by atoms with Crippen LogP contribution in [0.1, 0.15) is 42.8 Å². The monoisotopic (exact) mass is 487 g/mol. The zero-order chi connectivity index (χ0) is 24.7. The van der Waals surface area contributed by atoms with Crippen molar-refractivity contribution in [3.8, 4) is 5.75 Å². The van der Waals surface area contributed by atoms with Gasteiger partial charge in [-0.2, -0.15) is 5.10 Å². The molecule has 1 heterocycles. The largest absolute Gasteiger partial charge is 0.478 e. The summed E-state index contributed by atoms with van der Waals surface area (Å²) in [4.78, 5) is 36.2. The van der Waals surface area contributed by atoms with Gasteiger partial charge >= 0.3 is 17.6 Å². The van der Waals surface area contributed by atoms with Crippen LogP contribution < -0.4 is 10.4 Å². The highest BCUT2D eigenvalue weighted by atomic mass is 35.5. The Morgan fingerprint density at radius 1 is 1.15 bits per heavy atom. The van der Waals surface area contributed by atoms with Crippen LogP contribution >= 0.6 is 11.6 Å². The third-order valence-electron chi connectivity index (χ3n) is 5.19. The fourth-order valence-electron chi connectivity index (χ4n) is 3.38. The van der Waals surface area contributed by atoms with Crippen molar-refractivity contribution >= 4 is 23.5 Å². The fourth-order valence-corrected chi connectivity index (χ4v) is 3.62. The SMILES string of the molecule is CCCCc1nn(CC(=O)OC)c(=O)n1Cc1ccc(OC(C(=O)O)c2ccccc2Cl)cc1. The van der Waals surface area contributed by atoms with Gasteiger partial charge in [-0.05, 0) is 30.2 Å². The molecule has 10 heteroatoms. The zero-order valence-electron chi connectivity index (χ0n) is 18.9. The summed E-state index contributed by atoms with van der Waals surface area (Å²) in [5.41, 5.74) is 0.738. The number of benzene rings is 2. The van der Waals surface area contributed by atoms with Gasteiger partial charge in [0.15, 0.2) is 0 Å². The zero-order valence-corrected chi connectivity index (χ0v) is 19.7. The molecule has 0 amide bonds. The predicted molar refractivity (Wildman–Crippen MR) is 125 cm³/mol. The highest BCUT2D eigenvalue weighted by molar-refractivity contribution is 6.31. The molecule has 0 spiro atoms. The van der Waals surface area contributed by atoms with Crippen molar-refractivity contribution in [3.05, 3.63) is 81.0 Å². The van der Waals surface area contributed by atoms with E-state index in [2.05, 4.69) is 9.84 Å². The third-order valence-corrected chi connectivity index (χ3v) is 5.53. The standard InChI is InChI=1S/C24H26ClN3O6/c1-3-4-9-20-26-28(15-21(29)33-2)24(32)27(20)14-16-10-12-17(13-11-16)34-22(23(30)31)18-7-5-6-8-19(18)25/h5-8,10-13,22H,3-4,9,14-15H2,1-2H3,(H,30,31). The number of aromatic nitrogens is 3. The first kappa shape index (κ1) is 25.0. The number of ether oxygens (including phenoxy) is 2. The number of aryl methyl sites for hydroxylation is 1. The highest BCUT2D eigenvalue weighted by Crippen LogP contribution is 2.28. The average Bonchev–Trinajstić information content (AvgIpc) is 3.11. The lowest BCUT2D eigenvalue weighted by atomic mass is 10.1. The molecule has 2 aromatic carbocycles. The van der Waals surface area contributed by atoms with Gasteiger partial charge in [0, 0.05) is 17.0 Å². The van der Waals surface area contributed by atoms with Crippen molar-refractivity contribution < 1.29 is 24.2 Å². The summed E-state index contributed by atoms with van der Waals surface area (Å²) in [6.45, 7) is 2.03. The Hall–Kier alpha value is -3.59. The van der Waals surface area contributed by atoms with Crippen LogP contribution in [0, 0.1) is 0 Å². The smallest absolute Gasteiger partial charge is 0.349 e. The molecule has 180 valence electrons. The Kier molecular flexibility index (Phi) is 8.48. The van der Waals surface area contributed by atoms with E-state index < -0.39 is 23.7 Å². The Labute approximate surface area is 201 Å². The molecule has 1 atom stereocenters. The van der Waals surface area contributed by atoms with Crippen molar-refractivity contribution in [1.82, 2.24) is 14.3 Å². The number of hydrogen-bond acceptors (Lipinski definition) is 6. The molecule has 3 aromatic rings. The van der Waals surface area contributed by atoms with Crippen molar-refractivity contribution in [2.24, 2.45) is 0 Å².